The third-order valence-corrected chi connectivity index (χ3v) is 4.69. The lowest BCUT2D eigenvalue weighted by molar-refractivity contribution is -0.137. The number of aromatic nitrogens is 1. The van der Waals surface area contributed by atoms with E-state index in [-0.39, 0.29) is 6.04 Å². The molecule has 1 aromatic rings. The molecule has 1 heterocycles. The van der Waals surface area contributed by atoms with Crippen molar-refractivity contribution in [3.8, 4) is 0 Å². The van der Waals surface area contributed by atoms with E-state index in [4.69, 9.17) is 0 Å². The Morgan fingerprint density at radius 3 is 2.52 bits per heavy atom. The maximum atomic E-state index is 12.2. The Balaban J connectivity index is 1.94. The second kappa shape index (κ2) is 6.69. The minimum atomic E-state index is -0.629. The van der Waals surface area contributed by atoms with Crippen molar-refractivity contribution in [3.63, 3.8) is 0 Å². The Hall–Kier alpha value is -1.91. The number of hydrogen-bond donors (Lipinski definition) is 2. The average molecular weight is 317 g/mol. The van der Waals surface area contributed by atoms with Crippen molar-refractivity contribution in [2.24, 2.45) is 11.3 Å². The van der Waals surface area contributed by atoms with E-state index in [9.17, 15) is 9.59 Å². The van der Waals surface area contributed by atoms with Gasteiger partial charge in [0, 0.05) is 11.7 Å². The molecule has 5 nitrogen and oxygen atoms in total. The normalized spacial score (nSPS) is 23.2. The largest absolute Gasteiger partial charge is 0.345 e. The average Bonchev–Trinajstić information content (AvgIpc) is 2.44. The molecule has 23 heavy (non-hydrogen) atoms. The lowest BCUT2D eigenvalue weighted by Gasteiger charge is -2.39. The van der Waals surface area contributed by atoms with E-state index < -0.39 is 11.8 Å². The summed E-state index contributed by atoms with van der Waals surface area (Å²) in [4.78, 5) is 28.5. The van der Waals surface area contributed by atoms with Gasteiger partial charge in [-0.3, -0.25) is 14.6 Å². The molecule has 0 spiro atoms. The smallest absolute Gasteiger partial charge is 0.313 e. The molecule has 2 N–H and O–H groups in total. The van der Waals surface area contributed by atoms with Gasteiger partial charge >= 0.3 is 11.8 Å². The summed E-state index contributed by atoms with van der Waals surface area (Å²) in [5.74, 6) is -0.824. The number of rotatable bonds is 2. The van der Waals surface area contributed by atoms with Gasteiger partial charge in [0.25, 0.3) is 0 Å². The fourth-order valence-corrected chi connectivity index (χ4v) is 3.39. The van der Waals surface area contributed by atoms with Crippen LogP contribution < -0.4 is 10.6 Å². The minimum absolute atomic E-state index is 0.0681. The molecule has 1 aromatic heterocycles. The number of hydrogen-bond acceptors (Lipinski definition) is 3. The lowest BCUT2D eigenvalue weighted by Crippen LogP contribution is -2.48. The first-order valence-corrected chi connectivity index (χ1v) is 8.24. The molecule has 2 rings (SSSR count). The molecule has 0 aliphatic heterocycles. The van der Waals surface area contributed by atoms with Crippen LogP contribution in [0.25, 0.3) is 0 Å². The van der Waals surface area contributed by atoms with Gasteiger partial charge in [-0.05, 0) is 56.6 Å². The fourth-order valence-electron chi connectivity index (χ4n) is 3.39. The summed E-state index contributed by atoms with van der Waals surface area (Å²) in [6.45, 7) is 10.3. The van der Waals surface area contributed by atoms with Gasteiger partial charge in [0.05, 0.1) is 11.4 Å². The van der Waals surface area contributed by atoms with Gasteiger partial charge in [-0.2, -0.15) is 0 Å². The SMILES string of the molecule is Cc1ccc(NC(=O)C(=O)NC2CCC(C)(C)CC2C)c(C)n1. The van der Waals surface area contributed by atoms with E-state index in [1.54, 1.807) is 6.07 Å². The summed E-state index contributed by atoms with van der Waals surface area (Å²) >= 11 is 0. The van der Waals surface area contributed by atoms with E-state index in [1.165, 1.54) is 0 Å². The first-order chi connectivity index (χ1) is 10.7. The van der Waals surface area contributed by atoms with Crippen LogP contribution in [-0.4, -0.2) is 22.8 Å². The van der Waals surface area contributed by atoms with Crippen LogP contribution >= 0.6 is 0 Å². The van der Waals surface area contributed by atoms with Crippen LogP contribution in [0.15, 0.2) is 12.1 Å². The van der Waals surface area contributed by atoms with Crippen molar-refractivity contribution in [2.75, 3.05) is 5.32 Å². The highest BCUT2D eigenvalue weighted by Crippen LogP contribution is 2.38. The summed E-state index contributed by atoms with van der Waals surface area (Å²) in [7, 11) is 0. The van der Waals surface area contributed by atoms with Crippen molar-refractivity contribution >= 4 is 17.5 Å². The predicted octanol–water partition coefficient (Wildman–Crippen LogP) is 2.97. The van der Waals surface area contributed by atoms with Crippen LogP contribution in [0.5, 0.6) is 0 Å². The summed E-state index contributed by atoms with van der Waals surface area (Å²) in [6, 6.07) is 3.65. The molecule has 2 atom stereocenters. The van der Waals surface area contributed by atoms with Crippen LogP contribution in [0.2, 0.25) is 0 Å². The van der Waals surface area contributed by atoms with E-state index in [0.717, 1.165) is 25.0 Å². The molecule has 1 fully saturated rings. The van der Waals surface area contributed by atoms with Crippen molar-refractivity contribution in [1.82, 2.24) is 10.3 Å². The zero-order valence-electron chi connectivity index (χ0n) is 14.7. The van der Waals surface area contributed by atoms with Crippen LogP contribution in [0.3, 0.4) is 0 Å². The molecular formula is C18H27N3O2. The Bertz CT molecular complexity index is 610. The van der Waals surface area contributed by atoms with Crippen molar-refractivity contribution in [3.05, 3.63) is 23.5 Å². The number of pyridine rings is 1. The van der Waals surface area contributed by atoms with Crippen molar-refractivity contribution in [2.45, 2.75) is 59.9 Å². The third kappa shape index (κ3) is 4.53. The summed E-state index contributed by atoms with van der Waals surface area (Å²) < 4.78 is 0. The number of nitrogens with one attached hydrogen (secondary N) is 2. The zero-order chi connectivity index (χ0) is 17.2. The van der Waals surface area contributed by atoms with Gasteiger partial charge in [-0.25, -0.2) is 0 Å². The van der Waals surface area contributed by atoms with Crippen LogP contribution in [0.1, 0.15) is 51.4 Å². The first-order valence-electron chi connectivity index (χ1n) is 8.24. The molecule has 0 radical (unpaired) electrons. The highest BCUT2D eigenvalue weighted by molar-refractivity contribution is 6.39. The van der Waals surface area contributed by atoms with Gasteiger partial charge in [0.2, 0.25) is 0 Å². The molecule has 0 bridgehead atoms. The molecule has 1 saturated carbocycles. The first kappa shape index (κ1) is 17.4. The Morgan fingerprint density at radius 2 is 1.91 bits per heavy atom. The molecule has 1 aliphatic rings. The maximum absolute atomic E-state index is 12.2. The quantitative estimate of drug-likeness (QED) is 0.824. The van der Waals surface area contributed by atoms with Crippen molar-refractivity contribution < 1.29 is 9.59 Å². The molecular weight excluding hydrogens is 290 g/mol. The molecule has 2 amide bonds. The molecule has 0 aromatic carbocycles. The molecule has 1 aliphatic carbocycles. The number of aryl methyl sites for hydroxylation is 2. The van der Waals surface area contributed by atoms with E-state index >= 15 is 0 Å². The standard InChI is InChI=1S/C18H27N3O2/c1-11-10-18(4,5)9-8-14(11)20-16(22)17(23)21-15-7-6-12(2)19-13(15)3/h6-7,11,14H,8-10H2,1-5H3,(H,20,22)(H,21,23). The Morgan fingerprint density at radius 1 is 1.22 bits per heavy atom. The number of carbonyl (C=O) groups excluding carboxylic acids is 2. The highest BCUT2D eigenvalue weighted by Gasteiger charge is 2.33. The molecule has 0 saturated heterocycles. The molecule has 2 unspecified atom stereocenters. The second-order valence-corrected chi connectivity index (χ2v) is 7.50. The van der Waals surface area contributed by atoms with Gasteiger partial charge < -0.3 is 10.6 Å². The lowest BCUT2D eigenvalue weighted by atomic mass is 9.70. The minimum Gasteiger partial charge on any atom is -0.345 e. The van der Waals surface area contributed by atoms with Crippen molar-refractivity contribution in [1.29, 1.82) is 0 Å². The third-order valence-electron chi connectivity index (χ3n) is 4.69. The summed E-state index contributed by atoms with van der Waals surface area (Å²) in [5.41, 5.74) is 2.48. The number of anilines is 1. The number of carbonyl (C=O) groups is 2. The van der Waals surface area contributed by atoms with Gasteiger partial charge in [-0.15, -0.1) is 0 Å². The van der Waals surface area contributed by atoms with Gasteiger partial charge in [-0.1, -0.05) is 20.8 Å². The summed E-state index contributed by atoms with van der Waals surface area (Å²) in [5, 5.41) is 5.53. The monoisotopic (exact) mass is 317 g/mol. The van der Waals surface area contributed by atoms with E-state index in [1.807, 2.05) is 19.9 Å². The Labute approximate surface area is 138 Å². The van der Waals surface area contributed by atoms with E-state index in [0.29, 0.717) is 22.7 Å². The Kier molecular flexibility index (Phi) is 5.07. The van der Waals surface area contributed by atoms with Crippen LogP contribution in [0, 0.1) is 25.2 Å². The van der Waals surface area contributed by atoms with E-state index in [2.05, 4.69) is 36.4 Å². The molecule has 5 heteroatoms. The second-order valence-electron chi connectivity index (χ2n) is 7.50. The number of amides is 2. The maximum Gasteiger partial charge on any atom is 0.313 e. The summed E-state index contributed by atoms with van der Waals surface area (Å²) in [6.07, 6.45) is 3.03. The zero-order valence-corrected chi connectivity index (χ0v) is 14.7. The highest BCUT2D eigenvalue weighted by atomic mass is 16.2. The van der Waals surface area contributed by atoms with Crippen LogP contribution in [-0.2, 0) is 9.59 Å². The fraction of sp³-hybridized carbons (Fsp3) is 0.611. The number of nitrogens with zero attached hydrogens (tertiary/aromatic N) is 1. The van der Waals surface area contributed by atoms with Crippen LogP contribution in [0.4, 0.5) is 5.69 Å². The van der Waals surface area contributed by atoms with Gasteiger partial charge in [0.1, 0.15) is 0 Å². The van der Waals surface area contributed by atoms with Gasteiger partial charge in [0.15, 0.2) is 0 Å². The molecule has 126 valence electrons. The topological polar surface area (TPSA) is 71.1 Å². The predicted molar refractivity (Wildman–Crippen MR) is 91.1 cm³/mol.